The number of rotatable bonds is 3. The van der Waals surface area contributed by atoms with E-state index < -0.39 is 10.0 Å². The van der Waals surface area contributed by atoms with E-state index in [1.165, 1.54) is 17.1 Å². The largest absolute Gasteiger partial charge is 0.271 e. The molecule has 0 aromatic carbocycles. The summed E-state index contributed by atoms with van der Waals surface area (Å²) in [6, 6.07) is 0. The third kappa shape index (κ3) is 2.69. The van der Waals surface area contributed by atoms with Gasteiger partial charge in [0.25, 0.3) is 10.0 Å². The van der Waals surface area contributed by atoms with E-state index in [9.17, 15) is 8.42 Å². The fourth-order valence-electron chi connectivity index (χ4n) is 1.72. The van der Waals surface area contributed by atoms with Crippen LogP contribution >= 0.6 is 11.6 Å². The Morgan fingerprint density at radius 3 is 2.53 bits per heavy atom. The highest BCUT2D eigenvalue weighted by atomic mass is 35.5. The van der Waals surface area contributed by atoms with Gasteiger partial charge in [-0.2, -0.15) is 5.10 Å². The minimum atomic E-state index is -3.77. The Kier molecular flexibility index (Phi) is 3.46. The molecule has 1 N–H and O–H groups in total. The molecule has 0 radical (unpaired) electrons. The lowest BCUT2D eigenvalue weighted by Crippen LogP contribution is -2.16. The molecule has 0 atom stereocenters. The maximum absolute atomic E-state index is 12.3. The van der Waals surface area contributed by atoms with Crippen molar-refractivity contribution >= 4 is 27.4 Å². The number of anilines is 1. The van der Waals surface area contributed by atoms with Gasteiger partial charge in [0, 0.05) is 7.05 Å². The summed E-state index contributed by atoms with van der Waals surface area (Å²) >= 11 is 5.66. The number of sulfonamides is 1. The predicted octanol–water partition coefficient (Wildman–Crippen LogP) is 1.28. The second-order valence-electron chi connectivity index (χ2n) is 3.96. The summed E-state index contributed by atoms with van der Waals surface area (Å²) in [6.45, 7) is 3.31. The molecule has 0 saturated heterocycles. The summed E-state index contributed by atoms with van der Waals surface area (Å²) in [5.74, 6) is 0.0650. The quantitative estimate of drug-likeness (QED) is 0.922. The zero-order valence-electron chi connectivity index (χ0n) is 10.5. The highest BCUT2D eigenvalue weighted by Gasteiger charge is 2.24. The van der Waals surface area contributed by atoms with Gasteiger partial charge in [-0.25, -0.2) is 13.4 Å². The Balaban J connectivity index is 2.44. The van der Waals surface area contributed by atoms with E-state index >= 15 is 0 Å². The fraction of sp³-hybridized carbons (Fsp3) is 0.300. The van der Waals surface area contributed by atoms with Crippen molar-refractivity contribution in [3.8, 4) is 0 Å². The molecular formula is C10H12ClN5O2S. The molecule has 2 heterocycles. The summed E-state index contributed by atoms with van der Waals surface area (Å²) < 4.78 is 28.4. The molecule has 0 aliphatic carbocycles. The van der Waals surface area contributed by atoms with Crippen LogP contribution in [0.4, 0.5) is 5.82 Å². The molecule has 2 aromatic rings. The molecule has 0 aliphatic rings. The van der Waals surface area contributed by atoms with Gasteiger partial charge < -0.3 is 0 Å². The Hall–Kier alpha value is -1.67. The lowest BCUT2D eigenvalue weighted by atomic mass is 10.4. The second-order valence-corrected chi connectivity index (χ2v) is 5.96. The van der Waals surface area contributed by atoms with Gasteiger partial charge in [-0.1, -0.05) is 11.6 Å². The molecule has 0 fully saturated rings. The van der Waals surface area contributed by atoms with Gasteiger partial charge in [-0.05, 0) is 13.8 Å². The SMILES string of the molecule is Cc1nn(C)c(C)c1S(=O)(=O)Nc1cncc(Cl)n1. The van der Waals surface area contributed by atoms with Crippen molar-refractivity contribution in [2.24, 2.45) is 7.05 Å². The van der Waals surface area contributed by atoms with E-state index in [0.717, 1.165) is 0 Å². The van der Waals surface area contributed by atoms with Gasteiger partial charge in [0.05, 0.1) is 23.8 Å². The summed E-state index contributed by atoms with van der Waals surface area (Å²) in [5.41, 5.74) is 0.961. The third-order valence-electron chi connectivity index (χ3n) is 2.56. The molecule has 19 heavy (non-hydrogen) atoms. The molecule has 2 rings (SSSR count). The molecule has 0 amide bonds. The zero-order chi connectivity index (χ0) is 14.2. The molecule has 7 nitrogen and oxygen atoms in total. The van der Waals surface area contributed by atoms with E-state index in [0.29, 0.717) is 11.4 Å². The topological polar surface area (TPSA) is 89.8 Å². The Labute approximate surface area is 115 Å². The Bertz CT molecular complexity index is 726. The monoisotopic (exact) mass is 301 g/mol. The van der Waals surface area contributed by atoms with Gasteiger partial charge in [0.15, 0.2) is 5.82 Å². The van der Waals surface area contributed by atoms with Crippen LogP contribution in [0.5, 0.6) is 0 Å². The average molecular weight is 302 g/mol. The molecule has 2 aromatic heterocycles. The summed E-state index contributed by atoms with van der Waals surface area (Å²) in [7, 11) is -2.08. The zero-order valence-corrected chi connectivity index (χ0v) is 12.1. The van der Waals surface area contributed by atoms with Crippen molar-refractivity contribution in [1.82, 2.24) is 19.7 Å². The van der Waals surface area contributed by atoms with Crippen LogP contribution in [0.2, 0.25) is 5.15 Å². The first-order chi connectivity index (χ1) is 8.81. The minimum absolute atomic E-state index is 0.0650. The Morgan fingerprint density at radius 1 is 1.32 bits per heavy atom. The van der Waals surface area contributed by atoms with Crippen molar-refractivity contribution < 1.29 is 8.42 Å². The van der Waals surface area contributed by atoms with E-state index in [1.54, 1.807) is 20.9 Å². The molecule has 0 saturated carbocycles. The van der Waals surface area contributed by atoms with Crippen molar-refractivity contribution in [3.63, 3.8) is 0 Å². The molecule has 0 unspecified atom stereocenters. The van der Waals surface area contributed by atoms with Gasteiger partial charge in [0.2, 0.25) is 0 Å². The normalized spacial score (nSPS) is 11.6. The first kappa shape index (κ1) is 13.8. The van der Waals surface area contributed by atoms with Crippen molar-refractivity contribution in [3.05, 3.63) is 28.9 Å². The van der Waals surface area contributed by atoms with Crippen LogP contribution in [0, 0.1) is 13.8 Å². The van der Waals surface area contributed by atoms with Crippen LogP contribution < -0.4 is 4.72 Å². The number of halogens is 1. The van der Waals surface area contributed by atoms with Crippen LogP contribution in [-0.4, -0.2) is 28.2 Å². The first-order valence-corrected chi connectivity index (χ1v) is 7.18. The van der Waals surface area contributed by atoms with E-state index in [2.05, 4.69) is 19.8 Å². The average Bonchev–Trinajstić information content (AvgIpc) is 2.52. The number of hydrogen-bond acceptors (Lipinski definition) is 5. The van der Waals surface area contributed by atoms with Crippen molar-refractivity contribution in [1.29, 1.82) is 0 Å². The standard InChI is InChI=1S/C10H12ClN5O2S/c1-6-10(7(2)16(3)14-6)19(17,18)15-9-5-12-4-8(11)13-9/h4-5H,1-3H3,(H,13,15). The molecule has 0 spiro atoms. The second kappa shape index (κ2) is 4.78. The highest BCUT2D eigenvalue weighted by Crippen LogP contribution is 2.21. The van der Waals surface area contributed by atoms with E-state index in [4.69, 9.17) is 11.6 Å². The molecule has 0 bridgehead atoms. The lowest BCUT2D eigenvalue weighted by Gasteiger charge is -2.07. The number of aromatic nitrogens is 4. The van der Waals surface area contributed by atoms with Crippen molar-refractivity contribution in [2.75, 3.05) is 4.72 Å². The third-order valence-corrected chi connectivity index (χ3v) is 4.34. The molecule has 9 heteroatoms. The van der Waals surface area contributed by atoms with Crippen LogP contribution in [0.25, 0.3) is 0 Å². The van der Waals surface area contributed by atoms with Gasteiger partial charge in [-0.3, -0.25) is 14.4 Å². The molecule has 0 aliphatic heterocycles. The van der Waals surface area contributed by atoms with Gasteiger partial charge in [-0.15, -0.1) is 0 Å². The smallest absolute Gasteiger partial charge is 0.266 e. The van der Waals surface area contributed by atoms with E-state index in [1.807, 2.05) is 0 Å². The summed E-state index contributed by atoms with van der Waals surface area (Å²) in [5, 5.41) is 4.18. The number of nitrogens with one attached hydrogen (secondary N) is 1. The van der Waals surface area contributed by atoms with Crippen LogP contribution in [-0.2, 0) is 17.1 Å². The fourth-order valence-corrected chi connectivity index (χ4v) is 3.30. The number of aryl methyl sites for hydroxylation is 2. The van der Waals surface area contributed by atoms with E-state index in [-0.39, 0.29) is 15.9 Å². The Morgan fingerprint density at radius 2 is 2.00 bits per heavy atom. The maximum atomic E-state index is 12.3. The molecule has 102 valence electrons. The lowest BCUT2D eigenvalue weighted by molar-refractivity contribution is 0.599. The first-order valence-electron chi connectivity index (χ1n) is 5.32. The van der Waals surface area contributed by atoms with Crippen LogP contribution in [0.15, 0.2) is 17.3 Å². The highest BCUT2D eigenvalue weighted by molar-refractivity contribution is 7.92. The van der Waals surface area contributed by atoms with Crippen LogP contribution in [0.1, 0.15) is 11.4 Å². The summed E-state index contributed by atoms with van der Waals surface area (Å²) in [4.78, 5) is 7.74. The molecular weight excluding hydrogens is 290 g/mol. The van der Waals surface area contributed by atoms with Gasteiger partial charge in [0.1, 0.15) is 10.0 Å². The number of hydrogen-bond donors (Lipinski definition) is 1. The van der Waals surface area contributed by atoms with Gasteiger partial charge >= 0.3 is 0 Å². The minimum Gasteiger partial charge on any atom is -0.271 e. The maximum Gasteiger partial charge on any atom is 0.266 e. The summed E-state index contributed by atoms with van der Waals surface area (Å²) in [6.07, 6.45) is 2.60. The van der Waals surface area contributed by atoms with Crippen molar-refractivity contribution in [2.45, 2.75) is 18.7 Å². The predicted molar refractivity (Wildman–Crippen MR) is 70.5 cm³/mol. The van der Waals surface area contributed by atoms with Crippen LogP contribution in [0.3, 0.4) is 0 Å². The number of nitrogens with zero attached hydrogens (tertiary/aromatic N) is 4.